The second-order valence-electron chi connectivity index (χ2n) is 6.15. The van der Waals surface area contributed by atoms with Crippen LogP contribution in [0, 0.1) is 5.92 Å². The molecule has 0 aromatic carbocycles. The molecule has 1 aromatic rings. The lowest BCUT2D eigenvalue weighted by Crippen LogP contribution is -2.50. The molecule has 0 saturated carbocycles. The molecule has 1 amide bonds. The minimum atomic E-state index is -0.0564. The smallest absolute Gasteiger partial charge is 0.225 e. The average molecular weight is 329 g/mol. The Kier molecular flexibility index (Phi) is 6.88. The summed E-state index contributed by atoms with van der Waals surface area (Å²) in [4.78, 5) is 12.7. The van der Waals surface area contributed by atoms with Gasteiger partial charge in [-0.3, -0.25) is 9.48 Å². The fraction of sp³-hybridized carbons (Fsp3) is 0.750. The zero-order chi connectivity index (χ0) is 15.5. The van der Waals surface area contributed by atoms with Crippen molar-refractivity contribution in [3.8, 4) is 0 Å². The summed E-state index contributed by atoms with van der Waals surface area (Å²) in [5.74, 6) is 0.402. The van der Waals surface area contributed by atoms with Crippen LogP contribution < -0.4 is 10.6 Å². The number of aryl methyl sites for hydroxylation is 1. The van der Waals surface area contributed by atoms with Gasteiger partial charge in [-0.25, -0.2) is 0 Å². The second-order valence-corrected chi connectivity index (χ2v) is 6.15. The molecule has 22 heavy (non-hydrogen) atoms. The van der Waals surface area contributed by atoms with Gasteiger partial charge in [0, 0.05) is 37.8 Å². The van der Waals surface area contributed by atoms with E-state index in [2.05, 4.69) is 36.5 Å². The van der Waals surface area contributed by atoms with Crippen molar-refractivity contribution < 1.29 is 4.79 Å². The first-order chi connectivity index (χ1) is 10.0. The minimum absolute atomic E-state index is 0. The summed E-state index contributed by atoms with van der Waals surface area (Å²) in [6.07, 6.45) is 6.83. The number of carbonyl (C=O) groups excluding carboxylic acids is 1. The van der Waals surface area contributed by atoms with Crippen LogP contribution in [0.2, 0.25) is 0 Å². The Bertz CT molecular complexity index is 476. The van der Waals surface area contributed by atoms with E-state index in [0.717, 1.165) is 37.9 Å². The standard InChI is InChI=1S/C16H28N4O.ClH/c1-5-16(6-2,7-3)19-15(21)14-10-17-9-13(14)12-8-18-20(4)11-12;/h8,11,13-14,17H,5-7,9-10H2,1-4H3,(H,19,21);1H/t13-,14+;/m1./s1. The summed E-state index contributed by atoms with van der Waals surface area (Å²) < 4.78 is 1.80. The number of amides is 1. The van der Waals surface area contributed by atoms with Gasteiger partial charge in [0.15, 0.2) is 0 Å². The van der Waals surface area contributed by atoms with Crippen LogP contribution in [0.4, 0.5) is 0 Å². The molecule has 0 spiro atoms. The van der Waals surface area contributed by atoms with Crippen molar-refractivity contribution in [1.82, 2.24) is 20.4 Å². The molecular formula is C16H29ClN4O. The quantitative estimate of drug-likeness (QED) is 0.842. The van der Waals surface area contributed by atoms with E-state index in [-0.39, 0.29) is 35.7 Å². The van der Waals surface area contributed by atoms with Gasteiger partial charge in [-0.05, 0) is 24.8 Å². The highest BCUT2D eigenvalue weighted by molar-refractivity contribution is 5.85. The van der Waals surface area contributed by atoms with E-state index < -0.39 is 0 Å². The van der Waals surface area contributed by atoms with E-state index in [1.54, 1.807) is 4.68 Å². The Labute approximate surface area is 139 Å². The molecule has 5 nitrogen and oxygen atoms in total. The summed E-state index contributed by atoms with van der Waals surface area (Å²) >= 11 is 0. The normalized spacial score (nSPS) is 21.5. The Balaban J connectivity index is 0.00000242. The Morgan fingerprint density at radius 3 is 2.50 bits per heavy atom. The average Bonchev–Trinajstić information content (AvgIpc) is 3.13. The molecule has 0 bridgehead atoms. The van der Waals surface area contributed by atoms with Crippen molar-refractivity contribution in [2.24, 2.45) is 13.0 Å². The van der Waals surface area contributed by atoms with Crippen LogP contribution in [0.15, 0.2) is 12.4 Å². The summed E-state index contributed by atoms with van der Waals surface area (Å²) in [5, 5.41) is 10.9. The SMILES string of the molecule is CCC(CC)(CC)NC(=O)[C@H]1CNC[C@@H]1c1cnn(C)c1.Cl. The largest absolute Gasteiger partial charge is 0.350 e. The first-order valence-electron chi connectivity index (χ1n) is 8.06. The highest BCUT2D eigenvalue weighted by Gasteiger charge is 2.37. The van der Waals surface area contributed by atoms with Crippen molar-refractivity contribution in [2.75, 3.05) is 13.1 Å². The maximum absolute atomic E-state index is 12.7. The molecule has 1 aliphatic rings. The number of nitrogens with one attached hydrogen (secondary N) is 2. The second kappa shape index (κ2) is 7.97. The molecule has 2 rings (SSSR count). The first-order valence-corrected chi connectivity index (χ1v) is 8.06. The number of carbonyl (C=O) groups is 1. The van der Waals surface area contributed by atoms with E-state index in [0.29, 0.717) is 0 Å². The molecule has 0 radical (unpaired) electrons. The molecule has 1 saturated heterocycles. The first kappa shape index (κ1) is 19.0. The van der Waals surface area contributed by atoms with E-state index in [9.17, 15) is 4.79 Å². The fourth-order valence-electron chi connectivity index (χ4n) is 3.31. The lowest BCUT2D eigenvalue weighted by atomic mass is 9.86. The maximum atomic E-state index is 12.7. The molecule has 2 heterocycles. The Morgan fingerprint density at radius 2 is 2.00 bits per heavy atom. The van der Waals surface area contributed by atoms with Gasteiger partial charge in [-0.1, -0.05) is 20.8 Å². The molecule has 1 aliphatic heterocycles. The third-order valence-electron chi connectivity index (χ3n) is 5.12. The van der Waals surface area contributed by atoms with Gasteiger partial charge >= 0.3 is 0 Å². The van der Waals surface area contributed by atoms with Crippen molar-refractivity contribution >= 4 is 18.3 Å². The zero-order valence-electron chi connectivity index (χ0n) is 14.1. The van der Waals surface area contributed by atoms with E-state index in [4.69, 9.17) is 0 Å². The predicted octanol–water partition coefficient (Wildman–Crippen LogP) is 2.23. The molecule has 0 unspecified atom stereocenters. The predicted molar refractivity (Wildman–Crippen MR) is 91.3 cm³/mol. The van der Waals surface area contributed by atoms with Crippen molar-refractivity contribution in [2.45, 2.75) is 51.5 Å². The van der Waals surface area contributed by atoms with Gasteiger partial charge in [-0.2, -0.15) is 5.10 Å². The van der Waals surface area contributed by atoms with E-state index >= 15 is 0 Å². The highest BCUT2D eigenvalue weighted by atomic mass is 35.5. The van der Waals surface area contributed by atoms with Crippen LogP contribution in [0.25, 0.3) is 0 Å². The van der Waals surface area contributed by atoms with Gasteiger partial charge in [0.1, 0.15) is 0 Å². The lowest BCUT2D eigenvalue weighted by Gasteiger charge is -2.33. The van der Waals surface area contributed by atoms with E-state index in [1.165, 1.54) is 0 Å². The topological polar surface area (TPSA) is 59.0 Å². The molecular weight excluding hydrogens is 300 g/mol. The lowest BCUT2D eigenvalue weighted by molar-refractivity contribution is -0.127. The van der Waals surface area contributed by atoms with Crippen LogP contribution >= 0.6 is 12.4 Å². The van der Waals surface area contributed by atoms with Gasteiger partial charge in [0.25, 0.3) is 0 Å². The van der Waals surface area contributed by atoms with Crippen LogP contribution in [-0.2, 0) is 11.8 Å². The summed E-state index contributed by atoms with van der Waals surface area (Å²) in [5.41, 5.74) is 1.09. The summed E-state index contributed by atoms with van der Waals surface area (Å²) in [6, 6.07) is 0. The molecule has 0 aliphatic carbocycles. The number of hydrogen-bond acceptors (Lipinski definition) is 3. The number of nitrogens with zero attached hydrogens (tertiary/aromatic N) is 2. The van der Waals surface area contributed by atoms with Crippen LogP contribution in [0.3, 0.4) is 0 Å². The Hall–Kier alpha value is -1.07. The monoisotopic (exact) mass is 328 g/mol. The number of aromatic nitrogens is 2. The van der Waals surface area contributed by atoms with Gasteiger partial charge in [0.2, 0.25) is 5.91 Å². The number of rotatable bonds is 6. The number of hydrogen-bond donors (Lipinski definition) is 2. The van der Waals surface area contributed by atoms with Gasteiger partial charge in [0.05, 0.1) is 12.1 Å². The maximum Gasteiger partial charge on any atom is 0.225 e. The van der Waals surface area contributed by atoms with Crippen LogP contribution in [0.1, 0.15) is 51.5 Å². The third kappa shape index (κ3) is 3.82. The molecule has 126 valence electrons. The summed E-state index contributed by atoms with van der Waals surface area (Å²) in [7, 11) is 1.91. The molecule has 2 atom stereocenters. The fourth-order valence-corrected chi connectivity index (χ4v) is 3.31. The molecule has 6 heteroatoms. The van der Waals surface area contributed by atoms with Crippen LogP contribution in [0.5, 0.6) is 0 Å². The third-order valence-corrected chi connectivity index (χ3v) is 5.12. The van der Waals surface area contributed by atoms with E-state index in [1.807, 2.05) is 19.4 Å². The molecule has 1 fully saturated rings. The minimum Gasteiger partial charge on any atom is -0.350 e. The van der Waals surface area contributed by atoms with Crippen molar-refractivity contribution in [3.63, 3.8) is 0 Å². The number of halogens is 1. The van der Waals surface area contributed by atoms with Gasteiger partial charge in [-0.15, -0.1) is 12.4 Å². The highest BCUT2D eigenvalue weighted by Crippen LogP contribution is 2.29. The summed E-state index contributed by atoms with van der Waals surface area (Å²) in [6.45, 7) is 8.05. The molecule has 2 N–H and O–H groups in total. The van der Waals surface area contributed by atoms with Gasteiger partial charge < -0.3 is 10.6 Å². The van der Waals surface area contributed by atoms with Crippen molar-refractivity contribution in [3.05, 3.63) is 18.0 Å². The van der Waals surface area contributed by atoms with Crippen molar-refractivity contribution in [1.29, 1.82) is 0 Å². The van der Waals surface area contributed by atoms with Crippen LogP contribution in [-0.4, -0.2) is 34.3 Å². The Morgan fingerprint density at radius 1 is 1.36 bits per heavy atom. The molecule has 1 aromatic heterocycles. The zero-order valence-corrected chi connectivity index (χ0v) is 14.9.